The summed E-state index contributed by atoms with van der Waals surface area (Å²) in [7, 11) is -5.39. The summed E-state index contributed by atoms with van der Waals surface area (Å²) in [6, 6.07) is 25.4. The number of methoxy groups -OCH3 is 2. The zero-order valence-corrected chi connectivity index (χ0v) is 65.9. The number of carbonyl (C=O) groups excluding carboxylic acids is 5. The first-order chi connectivity index (χ1) is 52.4. The number of nitrogens with one attached hydrogen (secondary N) is 9. The lowest BCUT2D eigenvalue weighted by Gasteiger charge is -2.25. The largest absolute Gasteiger partial charge is 0.497 e. The van der Waals surface area contributed by atoms with Crippen molar-refractivity contribution >= 4 is 128 Å². The van der Waals surface area contributed by atoms with E-state index in [0.717, 1.165) is 67.0 Å². The minimum absolute atomic E-state index is 0. The number of nitrogens with two attached hydrogens (primary N) is 1. The Kier molecular flexibility index (Phi) is 24.8. The van der Waals surface area contributed by atoms with Gasteiger partial charge in [-0.15, -0.1) is 35.1 Å². The number of thiazole rings is 2. The van der Waals surface area contributed by atoms with E-state index < -0.39 is 84.9 Å². The maximum absolute atomic E-state index is 14.2. The van der Waals surface area contributed by atoms with Gasteiger partial charge in [0.05, 0.1) is 60.6 Å². The molecule has 2 saturated heterocycles. The van der Waals surface area contributed by atoms with Crippen LogP contribution in [0.25, 0.3) is 44.6 Å². The lowest BCUT2D eigenvalue weighted by atomic mass is 10.1. The number of likely N-dealkylation sites (tertiary alicyclic amines) is 1. The summed E-state index contributed by atoms with van der Waals surface area (Å²) in [5, 5.41) is 28.9. The van der Waals surface area contributed by atoms with Gasteiger partial charge < -0.3 is 66.8 Å². The molecule has 8 aromatic rings. The Morgan fingerprint density at radius 3 is 1.54 bits per heavy atom. The van der Waals surface area contributed by atoms with E-state index in [-0.39, 0.29) is 65.7 Å². The Balaban J connectivity index is 0.000000203. The molecule has 14 rings (SSSR count). The summed E-state index contributed by atoms with van der Waals surface area (Å²) in [6.45, 7) is 9.72. The second-order valence-corrected chi connectivity index (χ2v) is 33.7. The molecule has 2 aliphatic carbocycles. The third-order valence-electron chi connectivity index (χ3n) is 20.0. The number of para-hydroxylation sites is 2. The molecule has 0 radical (unpaired) electrons. The Hall–Kier alpha value is -9.86. The van der Waals surface area contributed by atoms with Crippen molar-refractivity contribution in [3.05, 3.63) is 132 Å². The molecule has 6 aliphatic rings. The molecule has 28 nitrogen and oxygen atoms in total. The van der Waals surface area contributed by atoms with E-state index >= 15 is 0 Å². The number of nitrogens with zero attached hydrogens (tertiary/aromatic N) is 5. The highest BCUT2D eigenvalue weighted by molar-refractivity contribution is 7.90. The monoisotopic (exact) mass is 1600 g/mol. The van der Waals surface area contributed by atoms with Crippen LogP contribution < -0.4 is 71.3 Å². The first-order valence-electron chi connectivity index (χ1n) is 36.7. The highest BCUT2D eigenvalue weighted by Gasteiger charge is 2.63. The third-order valence-corrected chi connectivity index (χ3v) is 24.3. The molecule has 4 aromatic carbocycles. The van der Waals surface area contributed by atoms with Gasteiger partial charge in [-0.25, -0.2) is 51.0 Å². The van der Waals surface area contributed by atoms with Crippen LogP contribution in [0.2, 0.25) is 0 Å². The van der Waals surface area contributed by atoms with Gasteiger partial charge in [-0.3, -0.25) is 19.2 Å². The summed E-state index contributed by atoms with van der Waals surface area (Å²) < 4.78 is 82.9. The van der Waals surface area contributed by atoms with Gasteiger partial charge in [0.2, 0.25) is 11.8 Å². The summed E-state index contributed by atoms with van der Waals surface area (Å²) in [5.74, 6) is -1.13. The first kappa shape index (κ1) is 79.7. The number of pyridine rings is 2. The van der Waals surface area contributed by atoms with Crippen LogP contribution in [0.4, 0.5) is 26.4 Å². The van der Waals surface area contributed by atoms with Crippen LogP contribution in [0.3, 0.4) is 0 Å². The molecule has 8 atom stereocenters. The fraction of sp³-hybridized carbons (Fsp3) is 0.416. The molecule has 0 bridgehead atoms. The minimum atomic E-state index is -4.33. The normalized spacial score (nSPS) is 24.2. The number of sulfonamides is 2. The van der Waals surface area contributed by atoms with Gasteiger partial charge in [-0.05, 0) is 128 Å². The highest BCUT2D eigenvalue weighted by Crippen LogP contribution is 2.48. The van der Waals surface area contributed by atoms with E-state index in [4.69, 9.17) is 44.6 Å². The molecule has 8 heterocycles. The Bertz CT molecular complexity index is 5040. The van der Waals surface area contributed by atoms with E-state index in [1.807, 2.05) is 79.2 Å². The number of allylic oxidation sites excluding steroid dienone is 2. The maximum Gasteiger partial charge on any atom is 0.315 e. The molecule has 2 saturated carbocycles. The van der Waals surface area contributed by atoms with Crippen molar-refractivity contribution < 1.29 is 59.8 Å². The number of fused-ring (bicyclic) bond motifs is 6. The number of rotatable bonds is 16. The topological polar surface area (TPSA) is 380 Å². The van der Waals surface area contributed by atoms with Crippen molar-refractivity contribution in [2.45, 2.75) is 162 Å². The third kappa shape index (κ3) is 18.3. The van der Waals surface area contributed by atoms with Gasteiger partial charge in [-0.2, -0.15) is 0 Å². The molecule has 584 valence electrons. The van der Waals surface area contributed by atoms with Crippen molar-refractivity contribution in [2.75, 3.05) is 61.7 Å². The maximum atomic E-state index is 14.2. The molecule has 4 aliphatic heterocycles. The van der Waals surface area contributed by atoms with Gasteiger partial charge in [-0.1, -0.05) is 61.4 Å². The molecule has 4 fully saturated rings. The second kappa shape index (κ2) is 34.2. The number of anilines is 4. The molecule has 110 heavy (non-hydrogen) atoms. The number of hydrogen-bond donors (Lipinski definition) is 10. The smallest absolute Gasteiger partial charge is 0.315 e. The highest BCUT2D eigenvalue weighted by atomic mass is 35.5. The summed E-state index contributed by atoms with van der Waals surface area (Å²) in [6.07, 6.45) is 14.7. The van der Waals surface area contributed by atoms with Crippen LogP contribution in [-0.2, 0) is 39.2 Å². The van der Waals surface area contributed by atoms with Crippen molar-refractivity contribution in [2.24, 2.45) is 17.6 Å². The van der Waals surface area contributed by atoms with Gasteiger partial charge in [0.1, 0.15) is 73.5 Å². The Labute approximate surface area is 653 Å². The van der Waals surface area contributed by atoms with Crippen LogP contribution in [0.15, 0.2) is 142 Å². The predicted molar refractivity (Wildman–Crippen MR) is 427 cm³/mol. The zero-order chi connectivity index (χ0) is 76.8. The first-order valence-corrected chi connectivity index (χ1v) is 41.5. The number of benzene rings is 4. The van der Waals surface area contributed by atoms with E-state index in [1.165, 1.54) is 39.7 Å². The van der Waals surface area contributed by atoms with E-state index in [0.29, 0.717) is 106 Å². The molecular formula is C77H92ClN15O13S4. The Morgan fingerprint density at radius 1 is 0.591 bits per heavy atom. The quantitative estimate of drug-likeness (QED) is 0.0402. The summed E-state index contributed by atoms with van der Waals surface area (Å²) in [4.78, 5) is 88.9. The van der Waals surface area contributed by atoms with Gasteiger partial charge in [0, 0.05) is 102 Å². The number of primary amides is 1. The number of halogens is 1. The average molecular weight is 1600 g/mol. The Morgan fingerprint density at radius 2 is 1.06 bits per heavy atom. The molecular weight excluding hydrogens is 1510 g/mol. The fourth-order valence-corrected chi connectivity index (χ4v) is 18.2. The summed E-state index contributed by atoms with van der Waals surface area (Å²) in [5.41, 5.74) is 7.51. The predicted octanol–water partition coefficient (Wildman–Crippen LogP) is 10.7. The number of carbonyl (C=O) groups is 5. The number of ether oxygens (including phenoxy) is 4. The fourth-order valence-electron chi connectivity index (χ4n) is 14.1. The van der Waals surface area contributed by atoms with Crippen molar-refractivity contribution in [1.82, 2.24) is 50.2 Å². The van der Waals surface area contributed by atoms with Crippen LogP contribution in [0.1, 0.15) is 105 Å². The lowest BCUT2D eigenvalue weighted by Crippen LogP contribution is -2.56. The second-order valence-electron chi connectivity index (χ2n) is 28.7. The van der Waals surface area contributed by atoms with Crippen LogP contribution in [-0.4, -0.2) is 159 Å². The number of hydrogen-bond acceptors (Lipinski definition) is 24. The molecule has 33 heteroatoms. The SMILES string of the molecule is COc1ccc2c(O[C@@H]3C[C@@H](C(=O)N[C@]45C[C@H]4/C=C\CCCCCNc4ccccc4S(=O)(=O)NC5=O)N(C(N)=O)C3)cc(-c3csc(NC(C)C)n3)nc2c1.COc1ccc2c(O[C@H]3CN[C@H](C(=O)N[C@]45C[C@H]4/C=C\CCCCCNc4ccccc4S(=O)(=O)NC5=O)C3)cc(-c3csc(NC(C)C)n3)nc2c1.Cl. The van der Waals surface area contributed by atoms with Crippen LogP contribution >= 0.6 is 35.1 Å². The summed E-state index contributed by atoms with van der Waals surface area (Å²) >= 11 is 2.96. The van der Waals surface area contributed by atoms with Crippen molar-refractivity contribution in [1.29, 1.82) is 0 Å². The van der Waals surface area contributed by atoms with Gasteiger partial charge in [0.15, 0.2) is 10.3 Å². The lowest BCUT2D eigenvalue weighted by molar-refractivity contribution is -0.131. The van der Waals surface area contributed by atoms with Crippen LogP contribution in [0, 0.1) is 11.8 Å². The van der Waals surface area contributed by atoms with Crippen molar-refractivity contribution in [3.8, 4) is 45.8 Å². The zero-order valence-electron chi connectivity index (χ0n) is 61.8. The number of aromatic nitrogens is 4. The molecule has 4 aromatic heterocycles. The number of urea groups is 1. The molecule has 6 amide bonds. The van der Waals surface area contributed by atoms with E-state index in [2.05, 4.69) is 60.5 Å². The van der Waals surface area contributed by atoms with E-state index in [1.54, 1.807) is 68.8 Å². The van der Waals surface area contributed by atoms with E-state index in [9.17, 15) is 40.8 Å². The van der Waals surface area contributed by atoms with Crippen molar-refractivity contribution in [3.63, 3.8) is 0 Å². The average Bonchev–Trinajstić information content (AvgIpc) is 1.57. The molecule has 11 N–H and O–H groups in total. The number of amides is 6. The minimum Gasteiger partial charge on any atom is -0.497 e. The van der Waals surface area contributed by atoms with Gasteiger partial charge in [0.25, 0.3) is 31.9 Å². The molecule has 0 unspecified atom stereocenters. The molecule has 0 spiro atoms. The standard InChI is InChI=1S/C39H46N8O7S2.C38H45N7O6S2.ClH/c1-23(2)42-38-44-31(22-55-38)30-19-33(27-15-14-25(53-3)17-29(27)43-30)54-26-18-32(47(21-26)37(40)50)35(48)45-39-20-24(39)11-7-5-4-6-10-16-41-28-12-8-9-13-34(28)56(51,52)46-36(39)49;1-23(2)41-37-43-32(22-52-37)30-19-33(27-15-14-25(50-3)17-29(27)42-30)51-26-18-31(40-21-26)35(46)44-38-20-24(38)11-7-5-4-6-10-16-39-28-12-8-9-13-34(28)53(48,49)45-36(38)47;/h7-9,11-15,17,19,22-24,26,32,41H,4-6,10,16,18,20-21H2,1-3H3,(H2,40,50)(H,42,44)(H,45,48)(H,46,49);7-9,11-15,17,19,22-24,26,31,39-40H,4-6,10,16,18,20-21H2,1-3H3,(H,41,43)(H,44,46)(H,45,47);1H/b2*11-7-;/t24-,26-,32+,39-;24-,26-,31+,38-;/m11./s1. The van der Waals surface area contributed by atoms with Crippen LogP contribution in [0.5, 0.6) is 23.0 Å². The van der Waals surface area contributed by atoms with Gasteiger partial charge >= 0.3 is 6.03 Å².